The summed E-state index contributed by atoms with van der Waals surface area (Å²) in [5, 5.41) is 2.78. The number of nitrogens with one attached hydrogen (secondary N) is 1. The molecule has 0 heterocycles. The highest BCUT2D eigenvalue weighted by Gasteiger charge is 2.16. The number of thioether (sulfide) groups is 1. The fraction of sp³-hybridized carbons (Fsp3) is 0.500. The van der Waals surface area contributed by atoms with Crippen molar-refractivity contribution in [1.82, 2.24) is 5.32 Å². The highest BCUT2D eigenvalue weighted by Crippen LogP contribution is 2.25. The van der Waals surface area contributed by atoms with Gasteiger partial charge in [0, 0.05) is 10.9 Å². The van der Waals surface area contributed by atoms with Crippen LogP contribution in [0.3, 0.4) is 0 Å². The second-order valence-electron chi connectivity index (χ2n) is 4.90. The summed E-state index contributed by atoms with van der Waals surface area (Å²) in [5.41, 5.74) is 0.315. The third-order valence-electron chi connectivity index (χ3n) is 3.09. The van der Waals surface area contributed by atoms with Gasteiger partial charge in [0.25, 0.3) is 5.91 Å². The number of hydrogen-bond acceptors (Lipinski definition) is 5. The van der Waals surface area contributed by atoms with Gasteiger partial charge in [0.05, 0.1) is 7.11 Å². The normalized spacial score (nSPS) is 11.6. The lowest BCUT2D eigenvalue weighted by Crippen LogP contribution is -2.35. The van der Waals surface area contributed by atoms with E-state index in [-0.39, 0.29) is 18.6 Å². The Hall–Kier alpha value is -1.69. The monoisotopic (exact) mass is 325 g/mol. The van der Waals surface area contributed by atoms with Crippen molar-refractivity contribution >= 4 is 23.6 Å². The van der Waals surface area contributed by atoms with Crippen LogP contribution in [0.25, 0.3) is 0 Å². The maximum atomic E-state index is 12.1. The molecule has 1 atom stereocenters. The maximum absolute atomic E-state index is 12.1. The van der Waals surface area contributed by atoms with E-state index in [1.807, 2.05) is 26.2 Å². The van der Waals surface area contributed by atoms with Crippen LogP contribution in [0.15, 0.2) is 23.1 Å². The van der Waals surface area contributed by atoms with Crippen molar-refractivity contribution in [1.29, 1.82) is 0 Å². The molecule has 0 aliphatic rings. The van der Waals surface area contributed by atoms with Crippen LogP contribution in [-0.2, 0) is 9.53 Å². The smallest absolute Gasteiger partial charge is 0.342 e. The minimum atomic E-state index is -0.567. The Morgan fingerprint density at radius 2 is 2.09 bits per heavy atom. The van der Waals surface area contributed by atoms with Crippen LogP contribution in [0.5, 0.6) is 5.75 Å². The van der Waals surface area contributed by atoms with E-state index in [0.717, 1.165) is 17.7 Å². The summed E-state index contributed by atoms with van der Waals surface area (Å²) < 4.78 is 10.2. The Morgan fingerprint density at radius 3 is 2.68 bits per heavy atom. The Morgan fingerprint density at radius 1 is 1.36 bits per heavy atom. The van der Waals surface area contributed by atoms with Gasteiger partial charge in [-0.2, -0.15) is 0 Å². The summed E-state index contributed by atoms with van der Waals surface area (Å²) in [6.45, 7) is 3.68. The quantitative estimate of drug-likeness (QED) is 0.588. The number of amides is 1. The molecule has 1 amide bonds. The average molecular weight is 325 g/mol. The first-order valence-electron chi connectivity index (χ1n) is 7.20. The lowest BCUT2D eigenvalue weighted by molar-refractivity contribution is -0.124. The lowest BCUT2D eigenvalue weighted by atomic mass is 10.2. The highest BCUT2D eigenvalue weighted by atomic mass is 32.2. The van der Waals surface area contributed by atoms with Gasteiger partial charge in [-0.25, -0.2) is 4.79 Å². The molecule has 0 saturated heterocycles. The molecule has 0 unspecified atom stereocenters. The number of carbonyl (C=O) groups is 2. The summed E-state index contributed by atoms with van der Waals surface area (Å²) in [6.07, 6.45) is 3.82. The molecule has 1 rings (SSSR count). The van der Waals surface area contributed by atoms with E-state index in [1.54, 1.807) is 23.9 Å². The first-order valence-corrected chi connectivity index (χ1v) is 8.42. The first-order chi connectivity index (χ1) is 10.5. The van der Waals surface area contributed by atoms with E-state index >= 15 is 0 Å². The molecule has 0 aliphatic heterocycles. The molecule has 1 N–H and O–H groups in total. The zero-order valence-electron chi connectivity index (χ0n) is 13.5. The molecule has 0 aliphatic carbocycles. The largest absolute Gasteiger partial charge is 0.496 e. The standard InChI is InChI=1S/C16H23NO4S/c1-5-6-11(2)17-15(18)10-21-16(19)13-8-7-12(22-4)9-14(13)20-3/h7-9,11H,5-6,10H2,1-4H3,(H,17,18)/t11-/m0/s1. The first kappa shape index (κ1) is 18.4. The van der Waals surface area contributed by atoms with Gasteiger partial charge in [-0.3, -0.25) is 4.79 Å². The number of methoxy groups -OCH3 is 1. The van der Waals surface area contributed by atoms with E-state index in [4.69, 9.17) is 9.47 Å². The van der Waals surface area contributed by atoms with Crippen LogP contribution in [0.4, 0.5) is 0 Å². The molecule has 0 saturated carbocycles. The number of hydrogen-bond donors (Lipinski definition) is 1. The van der Waals surface area contributed by atoms with Crippen molar-refractivity contribution in [2.45, 2.75) is 37.6 Å². The number of rotatable bonds is 8. The van der Waals surface area contributed by atoms with Crippen LogP contribution in [0.2, 0.25) is 0 Å². The summed E-state index contributed by atoms with van der Waals surface area (Å²) in [4.78, 5) is 24.7. The topological polar surface area (TPSA) is 64.6 Å². The predicted octanol–water partition coefficient (Wildman–Crippen LogP) is 2.88. The molecule has 1 aromatic rings. The zero-order chi connectivity index (χ0) is 16.5. The Labute approximate surface area is 135 Å². The van der Waals surface area contributed by atoms with Crippen molar-refractivity contribution in [2.75, 3.05) is 20.0 Å². The molecule has 122 valence electrons. The maximum Gasteiger partial charge on any atom is 0.342 e. The molecule has 0 spiro atoms. The van der Waals surface area contributed by atoms with Crippen molar-refractivity contribution in [3.8, 4) is 5.75 Å². The predicted molar refractivity (Wildman–Crippen MR) is 87.6 cm³/mol. The second-order valence-corrected chi connectivity index (χ2v) is 5.78. The zero-order valence-corrected chi connectivity index (χ0v) is 14.3. The molecule has 0 radical (unpaired) electrons. The molecule has 0 aromatic heterocycles. The van der Waals surface area contributed by atoms with Gasteiger partial charge in [-0.15, -0.1) is 11.8 Å². The van der Waals surface area contributed by atoms with E-state index in [9.17, 15) is 9.59 Å². The number of carbonyl (C=O) groups excluding carboxylic acids is 2. The van der Waals surface area contributed by atoms with E-state index in [2.05, 4.69) is 5.32 Å². The van der Waals surface area contributed by atoms with Gasteiger partial charge in [0.15, 0.2) is 6.61 Å². The van der Waals surface area contributed by atoms with Gasteiger partial charge in [-0.1, -0.05) is 13.3 Å². The summed E-state index contributed by atoms with van der Waals surface area (Å²) in [7, 11) is 1.50. The van der Waals surface area contributed by atoms with E-state index < -0.39 is 5.97 Å². The minimum absolute atomic E-state index is 0.0756. The van der Waals surface area contributed by atoms with Gasteiger partial charge in [0.2, 0.25) is 0 Å². The third kappa shape index (κ3) is 5.60. The van der Waals surface area contributed by atoms with E-state index in [0.29, 0.717) is 11.3 Å². The average Bonchev–Trinajstić information content (AvgIpc) is 2.52. The molecule has 0 bridgehead atoms. The Balaban J connectivity index is 2.60. The van der Waals surface area contributed by atoms with Crippen LogP contribution in [0, 0.1) is 0 Å². The fourth-order valence-electron chi connectivity index (χ4n) is 2.00. The van der Waals surface area contributed by atoms with Crippen molar-refractivity contribution in [3.63, 3.8) is 0 Å². The SMILES string of the molecule is CCC[C@H](C)NC(=O)COC(=O)c1ccc(SC)cc1OC. The van der Waals surface area contributed by atoms with Gasteiger partial charge < -0.3 is 14.8 Å². The number of esters is 1. The summed E-state index contributed by atoms with van der Waals surface area (Å²) >= 11 is 1.55. The highest BCUT2D eigenvalue weighted by molar-refractivity contribution is 7.98. The third-order valence-corrected chi connectivity index (χ3v) is 3.82. The Kier molecular flexibility index (Phi) is 7.80. The summed E-state index contributed by atoms with van der Waals surface area (Å²) in [5.74, 6) is -0.423. The molecule has 1 aromatic carbocycles. The Bertz CT molecular complexity index is 519. The fourth-order valence-corrected chi connectivity index (χ4v) is 2.43. The molecule has 0 fully saturated rings. The summed E-state index contributed by atoms with van der Waals surface area (Å²) in [6, 6.07) is 5.30. The minimum Gasteiger partial charge on any atom is -0.496 e. The van der Waals surface area contributed by atoms with Crippen LogP contribution < -0.4 is 10.1 Å². The van der Waals surface area contributed by atoms with Gasteiger partial charge in [0.1, 0.15) is 11.3 Å². The molecular weight excluding hydrogens is 302 g/mol. The van der Waals surface area contributed by atoms with Gasteiger partial charge in [-0.05, 0) is 37.8 Å². The number of ether oxygens (including phenoxy) is 2. The van der Waals surface area contributed by atoms with Crippen molar-refractivity contribution in [3.05, 3.63) is 23.8 Å². The van der Waals surface area contributed by atoms with Crippen LogP contribution in [-0.4, -0.2) is 37.9 Å². The second kappa shape index (κ2) is 9.35. The molecular formula is C16H23NO4S. The molecule has 6 heteroatoms. The van der Waals surface area contributed by atoms with Crippen molar-refractivity contribution in [2.24, 2.45) is 0 Å². The van der Waals surface area contributed by atoms with Crippen LogP contribution in [0.1, 0.15) is 37.0 Å². The lowest BCUT2D eigenvalue weighted by Gasteiger charge is -2.13. The van der Waals surface area contributed by atoms with Crippen LogP contribution >= 0.6 is 11.8 Å². The van der Waals surface area contributed by atoms with E-state index in [1.165, 1.54) is 7.11 Å². The molecule has 5 nitrogen and oxygen atoms in total. The van der Waals surface area contributed by atoms with Crippen molar-refractivity contribution < 1.29 is 19.1 Å². The molecule has 22 heavy (non-hydrogen) atoms. The van der Waals surface area contributed by atoms with Gasteiger partial charge >= 0.3 is 5.97 Å². The number of benzene rings is 1.